The summed E-state index contributed by atoms with van der Waals surface area (Å²) in [4.78, 5) is -0.156. The Labute approximate surface area is 125 Å². The minimum absolute atomic E-state index is 0.0355. The van der Waals surface area contributed by atoms with Crippen molar-refractivity contribution in [2.24, 2.45) is 0 Å². The van der Waals surface area contributed by atoms with Gasteiger partial charge in [-0.15, -0.1) is 0 Å². The van der Waals surface area contributed by atoms with E-state index in [1.54, 1.807) is 0 Å². The molecule has 2 aromatic rings. The molecule has 1 aromatic carbocycles. The van der Waals surface area contributed by atoms with E-state index in [0.717, 1.165) is 0 Å². The van der Waals surface area contributed by atoms with Crippen LogP contribution in [-0.4, -0.2) is 18.7 Å². The fraction of sp³-hybridized carbons (Fsp3) is 0.182. The number of hydrogen-bond donors (Lipinski definition) is 2. The van der Waals surface area contributed by atoms with E-state index in [1.165, 1.54) is 24.5 Å². The molecule has 0 bridgehead atoms. The summed E-state index contributed by atoms with van der Waals surface area (Å²) >= 11 is 11.8. The first-order chi connectivity index (χ1) is 9.45. The molecule has 0 unspecified atom stereocenters. The smallest absolute Gasteiger partial charge is 0.242 e. The molecule has 9 heteroatoms. The first-order valence-electron chi connectivity index (χ1n) is 5.42. The number of halogens is 2. The summed E-state index contributed by atoms with van der Waals surface area (Å²) in [6.45, 7) is -0.490. The van der Waals surface area contributed by atoms with E-state index >= 15 is 0 Å². The third-order valence-electron chi connectivity index (χ3n) is 2.53. The number of sulfonamides is 1. The Kier molecular flexibility index (Phi) is 4.66. The van der Waals surface area contributed by atoms with Crippen molar-refractivity contribution in [2.75, 3.05) is 0 Å². The van der Waals surface area contributed by atoms with E-state index in [4.69, 9.17) is 28.3 Å². The van der Waals surface area contributed by atoms with Crippen molar-refractivity contribution in [3.05, 3.63) is 45.8 Å². The largest absolute Gasteiger partial charge is 0.392 e. The molecule has 0 spiro atoms. The van der Waals surface area contributed by atoms with Crippen LogP contribution in [0.1, 0.15) is 11.3 Å². The van der Waals surface area contributed by atoms with Crippen LogP contribution >= 0.6 is 23.2 Å². The Bertz CT molecular complexity index is 701. The van der Waals surface area contributed by atoms with Crippen LogP contribution in [0.3, 0.4) is 0 Å². The van der Waals surface area contributed by atoms with Gasteiger partial charge in [-0.05, 0) is 12.1 Å². The predicted octanol–water partition coefficient (Wildman–Crippen LogP) is 1.95. The van der Waals surface area contributed by atoms with Gasteiger partial charge in [-0.1, -0.05) is 28.4 Å². The van der Waals surface area contributed by atoms with Crippen molar-refractivity contribution in [3.8, 4) is 0 Å². The molecular formula is C11H10Cl2N2O4S. The molecule has 0 saturated heterocycles. The van der Waals surface area contributed by atoms with Crippen LogP contribution in [0, 0.1) is 0 Å². The molecule has 1 aromatic heterocycles. The summed E-state index contributed by atoms with van der Waals surface area (Å²) in [5, 5.41) is 12.8. The molecular weight excluding hydrogens is 327 g/mol. The van der Waals surface area contributed by atoms with Crippen molar-refractivity contribution in [1.29, 1.82) is 0 Å². The minimum Gasteiger partial charge on any atom is -0.392 e. The van der Waals surface area contributed by atoms with Gasteiger partial charge in [-0.3, -0.25) is 0 Å². The Balaban J connectivity index is 2.30. The average Bonchev–Trinajstić information content (AvgIpc) is 2.90. The number of aliphatic hydroxyl groups is 1. The lowest BCUT2D eigenvalue weighted by molar-refractivity contribution is 0.281. The van der Waals surface area contributed by atoms with Crippen molar-refractivity contribution in [2.45, 2.75) is 18.0 Å². The second kappa shape index (κ2) is 6.11. The molecule has 6 nitrogen and oxygen atoms in total. The SMILES string of the molecule is O=S(=O)(NCc1ccon1)c1ccc(Cl)c(CO)c1Cl. The highest BCUT2D eigenvalue weighted by Gasteiger charge is 2.21. The van der Waals surface area contributed by atoms with Gasteiger partial charge in [0.05, 0.1) is 23.9 Å². The number of benzene rings is 1. The highest BCUT2D eigenvalue weighted by atomic mass is 35.5. The molecule has 0 aliphatic rings. The van der Waals surface area contributed by atoms with Gasteiger partial charge in [-0.25, -0.2) is 13.1 Å². The lowest BCUT2D eigenvalue weighted by Gasteiger charge is -2.11. The van der Waals surface area contributed by atoms with Crippen molar-refractivity contribution in [3.63, 3.8) is 0 Å². The zero-order chi connectivity index (χ0) is 14.8. The van der Waals surface area contributed by atoms with Crippen molar-refractivity contribution >= 4 is 33.2 Å². The maximum absolute atomic E-state index is 12.1. The summed E-state index contributed by atoms with van der Waals surface area (Å²) in [5.41, 5.74) is 0.596. The van der Waals surface area contributed by atoms with Crippen LogP contribution < -0.4 is 4.72 Å². The highest BCUT2D eigenvalue weighted by molar-refractivity contribution is 7.89. The predicted molar refractivity (Wildman–Crippen MR) is 72.9 cm³/mol. The molecule has 0 aliphatic heterocycles. The second-order valence-electron chi connectivity index (χ2n) is 3.81. The normalized spacial score (nSPS) is 11.8. The fourth-order valence-corrected chi connectivity index (χ4v) is 3.40. The molecule has 0 aliphatic carbocycles. The third kappa shape index (κ3) is 3.13. The average molecular weight is 337 g/mol. The summed E-state index contributed by atoms with van der Waals surface area (Å²) in [6, 6.07) is 4.17. The summed E-state index contributed by atoms with van der Waals surface area (Å²) < 4.78 is 31.2. The monoisotopic (exact) mass is 336 g/mol. The molecule has 2 N–H and O–H groups in total. The van der Waals surface area contributed by atoms with Crippen LogP contribution in [-0.2, 0) is 23.2 Å². The zero-order valence-electron chi connectivity index (χ0n) is 10.0. The second-order valence-corrected chi connectivity index (χ2v) is 6.33. The molecule has 0 atom stereocenters. The summed E-state index contributed by atoms with van der Waals surface area (Å²) in [6.07, 6.45) is 1.34. The number of rotatable bonds is 5. The maximum atomic E-state index is 12.1. The standard InChI is InChI=1S/C11H10Cl2N2O4S/c12-9-1-2-10(11(13)8(9)6-16)20(17,18)14-5-7-3-4-19-15-7/h1-4,14,16H,5-6H2. The van der Waals surface area contributed by atoms with E-state index < -0.39 is 16.6 Å². The number of aliphatic hydroxyl groups excluding tert-OH is 1. The number of nitrogens with one attached hydrogen (secondary N) is 1. The topological polar surface area (TPSA) is 92.4 Å². The van der Waals surface area contributed by atoms with E-state index in [9.17, 15) is 8.42 Å². The van der Waals surface area contributed by atoms with E-state index in [0.29, 0.717) is 5.69 Å². The first kappa shape index (κ1) is 15.3. The van der Waals surface area contributed by atoms with Crippen LogP contribution in [0.2, 0.25) is 10.0 Å². The lowest BCUT2D eigenvalue weighted by atomic mass is 10.2. The van der Waals surface area contributed by atoms with Gasteiger partial charge in [0, 0.05) is 16.7 Å². The number of nitrogens with zero attached hydrogens (tertiary/aromatic N) is 1. The van der Waals surface area contributed by atoms with E-state index in [-0.39, 0.29) is 27.0 Å². The van der Waals surface area contributed by atoms with Gasteiger partial charge in [0.15, 0.2) is 0 Å². The molecule has 1 heterocycles. The lowest BCUT2D eigenvalue weighted by Crippen LogP contribution is -2.24. The molecule has 0 fully saturated rings. The molecule has 0 saturated carbocycles. The summed E-state index contributed by atoms with van der Waals surface area (Å²) in [7, 11) is -3.85. The Morgan fingerprint density at radius 1 is 1.30 bits per heavy atom. The van der Waals surface area contributed by atoms with Crippen molar-refractivity contribution in [1.82, 2.24) is 9.88 Å². The number of hydrogen-bond acceptors (Lipinski definition) is 5. The molecule has 20 heavy (non-hydrogen) atoms. The summed E-state index contributed by atoms with van der Waals surface area (Å²) in [5.74, 6) is 0. The van der Waals surface area contributed by atoms with E-state index in [2.05, 4.69) is 14.4 Å². The first-order valence-corrected chi connectivity index (χ1v) is 7.66. The highest BCUT2D eigenvalue weighted by Crippen LogP contribution is 2.31. The van der Waals surface area contributed by atoms with E-state index in [1.807, 2.05) is 0 Å². The van der Waals surface area contributed by atoms with Gasteiger partial charge in [0.1, 0.15) is 11.2 Å². The van der Waals surface area contributed by atoms with Gasteiger partial charge >= 0.3 is 0 Å². The van der Waals surface area contributed by atoms with Gasteiger partial charge in [-0.2, -0.15) is 0 Å². The van der Waals surface area contributed by atoms with Gasteiger partial charge < -0.3 is 9.63 Å². The fourth-order valence-electron chi connectivity index (χ4n) is 1.50. The van der Waals surface area contributed by atoms with Crippen LogP contribution in [0.15, 0.2) is 33.9 Å². The third-order valence-corrected chi connectivity index (χ3v) is 4.87. The molecule has 0 amide bonds. The zero-order valence-corrected chi connectivity index (χ0v) is 12.3. The molecule has 108 valence electrons. The molecule has 0 radical (unpaired) electrons. The minimum atomic E-state index is -3.85. The van der Waals surface area contributed by atoms with Gasteiger partial charge in [0.2, 0.25) is 10.0 Å². The Morgan fingerprint density at radius 3 is 2.65 bits per heavy atom. The van der Waals surface area contributed by atoms with Crippen LogP contribution in [0.5, 0.6) is 0 Å². The van der Waals surface area contributed by atoms with Crippen LogP contribution in [0.25, 0.3) is 0 Å². The molecule has 2 rings (SSSR count). The van der Waals surface area contributed by atoms with Gasteiger partial charge in [0.25, 0.3) is 0 Å². The van der Waals surface area contributed by atoms with Crippen LogP contribution in [0.4, 0.5) is 0 Å². The van der Waals surface area contributed by atoms with Crippen molar-refractivity contribution < 1.29 is 18.0 Å². The number of aromatic nitrogens is 1. The Hall–Kier alpha value is -1.12. The quantitative estimate of drug-likeness (QED) is 0.870. The maximum Gasteiger partial charge on any atom is 0.242 e. The Morgan fingerprint density at radius 2 is 2.05 bits per heavy atom.